The number of methoxy groups -OCH3 is 1. The fourth-order valence-electron chi connectivity index (χ4n) is 3.19. The first kappa shape index (κ1) is 16.1. The molecule has 0 radical (unpaired) electrons. The van der Waals surface area contributed by atoms with Crippen LogP contribution in [-0.4, -0.2) is 24.1 Å². The SMILES string of the molecule is CNc1cccc(C)c1-c1ccc(OC)cc1.c1cc2cc3c1o[nH]n2-3. The summed E-state index contributed by atoms with van der Waals surface area (Å²) < 4.78 is 12.1. The molecule has 5 heteroatoms. The van der Waals surface area contributed by atoms with Crippen LogP contribution in [0.15, 0.2) is 65.2 Å². The van der Waals surface area contributed by atoms with E-state index in [0.29, 0.717) is 0 Å². The number of ether oxygens (including phenoxy) is 1. The highest BCUT2D eigenvalue weighted by molar-refractivity contribution is 5.81. The van der Waals surface area contributed by atoms with Crippen LogP contribution < -0.4 is 10.1 Å². The largest absolute Gasteiger partial charge is 0.497 e. The number of rotatable bonds is 3. The predicted molar refractivity (Wildman–Crippen MR) is 105 cm³/mol. The third kappa shape index (κ3) is 2.67. The molecule has 26 heavy (non-hydrogen) atoms. The van der Waals surface area contributed by atoms with Crippen LogP contribution in [0.25, 0.3) is 27.9 Å². The van der Waals surface area contributed by atoms with Gasteiger partial charge in [-0.25, -0.2) is 4.68 Å². The van der Waals surface area contributed by atoms with E-state index in [1.54, 1.807) is 7.11 Å². The van der Waals surface area contributed by atoms with Crippen molar-refractivity contribution < 1.29 is 9.26 Å². The number of hydrogen-bond acceptors (Lipinski definition) is 3. The van der Waals surface area contributed by atoms with Gasteiger partial charge in [0.25, 0.3) is 0 Å². The summed E-state index contributed by atoms with van der Waals surface area (Å²) in [6.07, 6.45) is 0. The van der Waals surface area contributed by atoms with Crippen LogP contribution in [0.4, 0.5) is 5.69 Å². The van der Waals surface area contributed by atoms with Crippen molar-refractivity contribution in [1.29, 1.82) is 0 Å². The van der Waals surface area contributed by atoms with Gasteiger partial charge in [0.15, 0.2) is 5.58 Å². The van der Waals surface area contributed by atoms with Crippen LogP contribution in [0.1, 0.15) is 5.56 Å². The minimum atomic E-state index is 0.883. The quantitative estimate of drug-likeness (QED) is 0.475. The zero-order valence-electron chi connectivity index (χ0n) is 15.0. The van der Waals surface area contributed by atoms with Crippen LogP contribution in [0.3, 0.4) is 0 Å². The van der Waals surface area contributed by atoms with E-state index in [1.807, 2.05) is 36.0 Å². The third-order valence-electron chi connectivity index (χ3n) is 4.61. The molecule has 0 amide bonds. The summed E-state index contributed by atoms with van der Waals surface area (Å²) >= 11 is 0. The lowest BCUT2D eigenvalue weighted by Crippen LogP contribution is -2.02. The van der Waals surface area contributed by atoms with E-state index in [0.717, 1.165) is 22.7 Å². The smallest absolute Gasteiger partial charge is 0.182 e. The number of fused-ring (bicyclic) bond motifs is 1. The topological polar surface area (TPSA) is 55.1 Å². The highest BCUT2D eigenvalue weighted by atomic mass is 16.5. The van der Waals surface area contributed by atoms with Crippen molar-refractivity contribution in [2.24, 2.45) is 0 Å². The number of nitrogens with zero attached hydrogens (tertiary/aromatic N) is 1. The average Bonchev–Trinajstić information content (AvgIpc) is 2.90. The van der Waals surface area contributed by atoms with Crippen molar-refractivity contribution in [2.45, 2.75) is 6.92 Å². The lowest BCUT2D eigenvalue weighted by Gasteiger charge is -2.12. The van der Waals surface area contributed by atoms with E-state index < -0.39 is 0 Å². The molecule has 0 fully saturated rings. The van der Waals surface area contributed by atoms with E-state index >= 15 is 0 Å². The molecule has 0 aliphatic carbocycles. The minimum absolute atomic E-state index is 0.883. The second-order valence-electron chi connectivity index (χ2n) is 6.16. The lowest BCUT2D eigenvalue weighted by atomic mass is 9.98. The molecule has 2 N–H and O–H groups in total. The first-order chi connectivity index (χ1) is 12.7. The molecule has 0 unspecified atom stereocenters. The number of anilines is 1. The second kappa shape index (κ2) is 6.52. The van der Waals surface area contributed by atoms with Crippen LogP contribution in [-0.2, 0) is 0 Å². The Hall–Kier alpha value is -3.34. The molecular formula is C21H21N3O2. The number of aryl methyl sites for hydroxylation is 1. The van der Waals surface area contributed by atoms with E-state index in [1.165, 1.54) is 22.2 Å². The van der Waals surface area contributed by atoms with Crippen LogP contribution in [0.2, 0.25) is 0 Å². The molecule has 0 saturated carbocycles. The fourth-order valence-corrected chi connectivity index (χ4v) is 3.19. The Morgan fingerprint density at radius 3 is 2.46 bits per heavy atom. The molecule has 3 aliphatic rings. The fraction of sp³-hybridized carbons (Fsp3) is 0.143. The zero-order chi connectivity index (χ0) is 18.1. The summed E-state index contributed by atoms with van der Waals surface area (Å²) in [7, 11) is 3.63. The maximum atomic E-state index is 5.18. The molecule has 3 aliphatic heterocycles. The summed E-state index contributed by atoms with van der Waals surface area (Å²) in [4.78, 5) is 0. The van der Waals surface area contributed by atoms with Crippen molar-refractivity contribution in [1.82, 2.24) is 9.95 Å². The monoisotopic (exact) mass is 347 g/mol. The van der Waals surface area contributed by atoms with Crippen molar-refractivity contribution in [3.63, 3.8) is 0 Å². The summed E-state index contributed by atoms with van der Waals surface area (Å²) in [5.74, 6) is 0.883. The van der Waals surface area contributed by atoms with Crippen molar-refractivity contribution >= 4 is 16.8 Å². The summed E-state index contributed by atoms with van der Waals surface area (Å²) in [5.41, 5.74) is 8.10. The molecule has 132 valence electrons. The molecule has 0 atom stereocenters. The Balaban J connectivity index is 0.000000154. The Morgan fingerprint density at radius 1 is 1.04 bits per heavy atom. The average molecular weight is 347 g/mol. The highest BCUT2D eigenvalue weighted by Gasteiger charge is 2.15. The van der Waals surface area contributed by atoms with Gasteiger partial charge in [0.1, 0.15) is 11.4 Å². The van der Waals surface area contributed by atoms with Crippen LogP contribution in [0, 0.1) is 6.92 Å². The van der Waals surface area contributed by atoms with E-state index in [2.05, 4.69) is 53.9 Å². The van der Waals surface area contributed by atoms with Gasteiger partial charge in [-0.1, -0.05) is 24.3 Å². The second-order valence-corrected chi connectivity index (χ2v) is 6.16. The zero-order valence-corrected chi connectivity index (χ0v) is 15.0. The Labute approximate surface area is 151 Å². The number of pyridine rings is 1. The van der Waals surface area contributed by atoms with Gasteiger partial charge < -0.3 is 14.6 Å². The number of aromatic amines is 1. The molecule has 0 saturated heterocycles. The van der Waals surface area contributed by atoms with Gasteiger partial charge in [-0.15, -0.1) is 0 Å². The molecular weight excluding hydrogens is 326 g/mol. The highest BCUT2D eigenvalue weighted by Crippen LogP contribution is 2.32. The molecule has 6 rings (SSSR count). The normalized spacial score (nSPS) is 10.9. The maximum absolute atomic E-state index is 5.18. The van der Waals surface area contributed by atoms with Gasteiger partial charge in [-0.3, -0.25) is 0 Å². The molecule has 3 aromatic rings. The first-order valence-corrected chi connectivity index (χ1v) is 8.49. The van der Waals surface area contributed by atoms with Gasteiger partial charge in [0.2, 0.25) is 0 Å². The van der Waals surface area contributed by atoms with E-state index in [9.17, 15) is 0 Å². The van der Waals surface area contributed by atoms with Gasteiger partial charge in [0, 0.05) is 18.3 Å². The molecule has 3 aromatic carbocycles. The number of benzene rings is 3. The van der Waals surface area contributed by atoms with E-state index in [-0.39, 0.29) is 0 Å². The molecule has 4 bridgehead atoms. The van der Waals surface area contributed by atoms with Crippen molar-refractivity contribution in [3.8, 4) is 22.6 Å². The van der Waals surface area contributed by atoms with Gasteiger partial charge in [-0.2, -0.15) is 5.27 Å². The van der Waals surface area contributed by atoms with Crippen LogP contribution >= 0.6 is 0 Å². The minimum Gasteiger partial charge on any atom is -0.497 e. The van der Waals surface area contributed by atoms with Crippen LogP contribution in [0.5, 0.6) is 5.75 Å². The first-order valence-electron chi connectivity index (χ1n) is 8.49. The molecule has 0 aromatic heterocycles. The number of aromatic nitrogens is 2. The lowest BCUT2D eigenvalue weighted by molar-refractivity contribution is 0.409. The Kier molecular flexibility index (Phi) is 4.05. The number of H-pyrrole nitrogens is 1. The standard InChI is InChI=1S/C15H17NO.C6H4N2O/c1-11-5-4-6-14(16-2)15(11)12-7-9-13(17-3)10-8-12;1-2-6-5-3-4(1)8(5)7-9-6/h4-10,16H,1-3H3;1-3,7H. The summed E-state index contributed by atoms with van der Waals surface area (Å²) in [5, 5.41) is 5.98. The number of hydrogen-bond donors (Lipinski definition) is 2. The van der Waals surface area contributed by atoms with Gasteiger partial charge in [-0.05, 0) is 54.4 Å². The predicted octanol–water partition coefficient (Wildman–Crippen LogP) is 5.14. The molecule has 3 heterocycles. The number of nitrogens with one attached hydrogen (secondary N) is 2. The maximum Gasteiger partial charge on any atom is 0.182 e. The molecule has 0 spiro atoms. The third-order valence-corrected chi connectivity index (χ3v) is 4.61. The van der Waals surface area contributed by atoms with Gasteiger partial charge >= 0.3 is 0 Å². The van der Waals surface area contributed by atoms with Crippen molar-refractivity contribution in [2.75, 3.05) is 19.5 Å². The Bertz CT molecular complexity index is 1060. The van der Waals surface area contributed by atoms with Gasteiger partial charge in [0.05, 0.1) is 12.6 Å². The van der Waals surface area contributed by atoms with Crippen molar-refractivity contribution in [3.05, 3.63) is 66.2 Å². The summed E-state index contributed by atoms with van der Waals surface area (Å²) in [6, 6.07) is 20.5. The molecule has 5 nitrogen and oxygen atoms in total. The Morgan fingerprint density at radius 2 is 1.85 bits per heavy atom. The van der Waals surface area contributed by atoms with E-state index in [4.69, 9.17) is 9.26 Å². The summed E-state index contributed by atoms with van der Waals surface area (Å²) in [6.45, 7) is 2.13.